The van der Waals surface area contributed by atoms with Crippen molar-refractivity contribution in [2.24, 2.45) is 0 Å². The third-order valence-corrected chi connectivity index (χ3v) is 3.02. The van der Waals surface area contributed by atoms with E-state index in [9.17, 15) is 0 Å². The fourth-order valence-electron chi connectivity index (χ4n) is 2.10. The predicted octanol–water partition coefficient (Wildman–Crippen LogP) is 3.19. The third-order valence-electron chi connectivity index (χ3n) is 3.02. The van der Waals surface area contributed by atoms with Crippen molar-refractivity contribution in [2.45, 2.75) is 58.3 Å². The van der Waals surface area contributed by atoms with Gasteiger partial charge in [0.25, 0.3) is 0 Å². The van der Waals surface area contributed by atoms with E-state index >= 15 is 0 Å². The molecule has 2 heteroatoms. The van der Waals surface area contributed by atoms with Crippen molar-refractivity contribution in [3.8, 4) is 0 Å². The van der Waals surface area contributed by atoms with Gasteiger partial charge in [-0.25, -0.2) is 4.98 Å². The molecule has 0 aromatic carbocycles. The van der Waals surface area contributed by atoms with Crippen LogP contribution in [0.5, 0.6) is 0 Å². The molecule has 1 aliphatic rings. The topological polar surface area (TPSA) is 28.7 Å². The van der Waals surface area contributed by atoms with Crippen molar-refractivity contribution in [3.63, 3.8) is 0 Å². The van der Waals surface area contributed by atoms with Crippen molar-refractivity contribution in [1.29, 1.82) is 0 Å². The van der Waals surface area contributed by atoms with Gasteiger partial charge >= 0.3 is 0 Å². The van der Waals surface area contributed by atoms with Crippen LogP contribution in [-0.2, 0) is 12.8 Å². The number of nitrogens with one attached hydrogen (secondary N) is 1. The van der Waals surface area contributed by atoms with Gasteiger partial charge in [0.15, 0.2) is 0 Å². The van der Waals surface area contributed by atoms with Crippen LogP contribution in [-0.4, -0.2) is 9.97 Å². The molecule has 0 spiro atoms. The molecule has 0 unspecified atom stereocenters. The van der Waals surface area contributed by atoms with Crippen molar-refractivity contribution in [3.05, 3.63) is 17.2 Å². The van der Waals surface area contributed by atoms with E-state index in [-0.39, 0.29) is 0 Å². The van der Waals surface area contributed by atoms with Gasteiger partial charge in [-0.2, -0.15) is 0 Å². The van der Waals surface area contributed by atoms with Gasteiger partial charge in [0.1, 0.15) is 5.82 Å². The van der Waals surface area contributed by atoms with E-state index in [1.165, 1.54) is 55.7 Å². The predicted molar refractivity (Wildman–Crippen MR) is 58.6 cm³/mol. The molecular formula is C12H20N2. The zero-order valence-electron chi connectivity index (χ0n) is 9.27. The van der Waals surface area contributed by atoms with Crippen LogP contribution in [0.4, 0.5) is 0 Å². The van der Waals surface area contributed by atoms with Gasteiger partial charge in [-0.3, -0.25) is 0 Å². The zero-order chi connectivity index (χ0) is 9.97. The highest BCUT2D eigenvalue weighted by atomic mass is 14.9. The van der Waals surface area contributed by atoms with E-state index < -0.39 is 0 Å². The van der Waals surface area contributed by atoms with Crippen LogP contribution in [0.3, 0.4) is 0 Å². The fraction of sp³-hybridized carbons (Fsp3) is 0.750. The van der Waals surface area contributed by atoms with Crippen molar-refractivity contribution < 1.29 is 0 Å². The average molecular weight is 192 g/mol. The van der Waals surface area contributed by atoms with E-state index in [0.717, 1.165) is 0 Å². The smallest absolute Gasteiger partial charge is 0.109 e. The highest BCUT2D eigenvalue weighted by Crippen LogP contribution is 2.20. The van der Waals surface area contributed by atoms with E-state index in [1.807, 2.05) is 0 Å². The first kappa shape index (κ1) is 9.75. The Morgan fingerprint density at radius 1 is 1.07 bits per heavy atom. The Morgan fingerprint density at radius 2 is 1.79 bits per heavy atom. The molecule has 0 aliphatic heterocycles. The highest BCUT2D eigenvalue weighted by Gasteiger charge is 2.13. The van der Waals surface area contributed by atoms with Crippen LogP contribution in [0.1, 0.15) is 62.7 Å². The lowest BCUT2D eigenvalue weighted by Gasteiger charge is -2.06. The standard InChI is InChI=1S/C12H20N2/c1-9(2)12-13-10-7-5-3-4-6-8-11(10)14-12/h9H,3-8H2,1-2H3,(H,13,14). The lowest BCUT2D eigenvalue weighted by molar-refractivity contribution is 0.608. The summed E-state index contributed by atoms with van der Waals surface area (Å²) in [6.07, 6.45) is 7.79. The summed E-state index contributed by atoms with van der Waals surface area (Å²) in [4.78, 5) is 8.19. The maximum atomic E-state index is 4.70. The van der Waals surface area contributed by atoms with E-state index in [4.69, 9.17) is 4.98 Å². The first-order chi connectivity index (χ1) is 6.77. The minimum Gasteiger partial charge on any atom is -0.345 e. The Kier molecular flexibility index (Phi) is 2.90. The van der Waals surface area contributed by atoms with Crippen LogP contribution in [0.2, 0.25) is 0 Å². The molecule has 0 amide bonds. The molecular weight excluding hydrogens is 172 g/mol. The summed E-state index contributed by atoms with van der Waals surface area (Å²) >= 11 is 0. The number of hydrogen-bond acceptors (Lipinski definition) is 1. The Hall–Kier alpha value is -0.790. The minimum absolute atomic E-state index is 0.531. The number of hydrogen-bond donors (Lipinski definition) is 1. The molecule has 0 fully saturated rings. The number of rotatable bonds is 1. The number of aromatic amines is 1. The van der Waals surface area contributed by atoms with Crippen LogP contribution in [0.25, 0.3) is 0 Å². The zero-order valence-corrected chi connectivity index (χ0v) is 9.27. The largest absolute Gasteiger partial charge is 0.345 e. The number of H-pyrrole nitrogens is 1. The van der Waals surface area contributed by atoms with Gasteiger partial charge in [0.05, 0.1) is 5.69 Å². The minimum atomic E-state index is 0.531. The molecule has 0 radical (unpaired) electrons. The molecule has 0 bridgehead atoms. The number of aromatic nitrogens is 2. The number of aryl methyl sites for hydroxylation is 2. The van der Waals surface area contributed by atoms with Crippen molar-refractivity contribution in [2.75, 3.05) is 0 Å². The molecule has 0 saturated carbocycles. The molecule has 1 heterocycles. The highest BCUT2D eigenvalue weighted by molar-refractivity contribution is 5.17. The molecule has 2 rings (SSSR count). The Labute approximate surface area is 86.1 Å². The molecule has 78 valence electrons. The summed E-state index contributed by atoms with van der Waals surface area (Å²) in [6.45, 7) is 4.40. The molecule has 1 aromatic rings. The molecule has 1 N–H and O–H groups in total. The van der Waals surface area contributed by atoms with Gasteiger partial charge in [0.2, 0.25) is 0 Å². The molecule has 14 heavy (non-hydrogen) atoms. The number of fused-ring (bicyclic) bond motifs is 1. The lowest BCUT2D eigenvalue weighted by atomic mass is 10.0. The summed E-state index contributed by atoms with van der Waals surface area (Å²) in [5.41, 5.74) is 2.75. The Morgan fingerprint density at radius 3 is 2.50 bits per heavy atom. The second-order valence-corrected chi connectivity index (χ2v) is 4.62. The van der Waals surface area contributed by atoms with Gasteiger partial charge in [-0.15, -0.1) is 0 Å². The fourth-order valence-corrected chi connectivity index (χ4v) is 2.10. The van der Waals surface area contributed by atoms with Crippen LogP contribution in [0, 0.1) is 0 Å². The van der Waals surface area contributed by atoms with Gasteiger partial charge in [-0.1, -0.05) is 26.7 Å². The SMILES string of the molecule is CC(C)c1nc2c([nH]1)CCCCCC2. The van der Waals surface area contributed by atoms with Crippen LogP contribution < -0.4 is 0 Å². The van der Waals surface area contributed by atoms with E-state index in [2.05, 4.69) is 18.8 Å². The molecule has 1 aromatic heterocycles. The number of imidazole rings is 1. The molecule has 0 atom stereocenters. The van der Waals surface area contributed by atoms with Crippen LogP contribution in [0.15, 0.2) is 0 Å². The van der Waals surface area contributed by atoms with Crippen LogP contribution >= 0.6 is 0 Å². The summed E-state index contributed by atoms with van der Waals surface area (Å²) in [6, 6.07) is 0. The van der Waals surface area contributed by atoms with Gasteiger partial charge in [0, 0.05) is 11.6 Å². The Balaban J connectivity index is 2.23. The van der Waals surface area contributed by atoms with Crippen molar-refractivity contribution in [1.82, 2.24) is 9.97 Å². The Bertz CT molecular complexity index is 274. The van der Waals surface area contributed by atoms with Gasteiger partial charge < -0.3 is 4.98 Å². The second-order valence-electron chi connectivity index (χ2n) is 4.62. The average Bonchev–Trinajstić information content (AvgIpc) is 2.48. The third kappa shape index (κ3) is 1.99. The maximum Gasteiger partial charge on any atom is 0.109 e. The van der Waals surface area contributed by atoms with E-state index in [0.29, 0.717) is 5.92 Å². The quantitative estimate of drug-likeness (QED) is 0.727. The number of nitrogens with zero attached hydrogens (tertiary/aromatic N) is 1. The van der Waals surface area contributed by atoms with Gasteiger partial charge in [-0.05, 0) is 25.7 Å². The molecule has 2 nitrogen and oxygen atoms in total. The van der Waals surface area contributed by atoms with E-state index in [1.54, 1.807) is 0 Å². The maximum absolute atomic E-state index is 4.70. The summed E-state index contributed by atoms with van der Waals surface area (Å²) in [7, 11) is 0. The summed E-state index contributed by atoms with van der Waals surface area (Å²) in [5.74, 6) is 1.71. The lowest BCUT2D eigenvalue weighted by Crippen LogP contribution is -1.98. The monoisotopic (exact) mass is 192 g/mol. The first-order valence-electron chi connectivity index (χ1n) is 5.85. The first-order valence-corrected chi connectivity index (χ1v) is 5.85. The van der Waals surface area contributed by atoms with Crippen molar-refractivity contribution >= 4 is 0 Å². The summed E-state index contributed by atoms with van der Waals surface area (Å²) in [5, 5.41) is 0. The summed E-state index contributed by atoms with van der Waals surface area (Å²) < 4.78 is 0. The molecule has 1 aliphatic carbocycles. The molecule has 0 saturated heterocycles. The second kappa shape index (κ2) is 4.16. The normalized spacial score (nSPS) is 17.6.